The molecule has 4 fully saturated rings. The number of carbonyl (C=O) groups excluding carboxylic acids is 2. The van der Waals surface area contributed by atoms with Crippen LogP contribution in [0.1, 0.15) is 99.8 Å². The van der Waals surface area contributed by atoms with E-state index >= 15 is 0 Å². The highest BCUT2D eigenvalue weighted by Gasteiger charge is 2.71. The Morgan fingerprint density at radius 2 is 1.65 bits per heavy atom. The van der Waals surface area contributed by atoms with Crippen molar-refractivity contribution in [2.24, 2.45) is 56.2 Å². The third-order valence-corrected chi connectivity index (χ3v) is 13.9. The standard InChI is InChI=1S/C32H47NO3S/c1-27(2)13-15-32(26(35)36-8)16-14-30(6)20(21(32)17-27)9-10-24-29(5)18-22(37-19-33)25(34)28(3,4)23(29)11-12-31(24,30)7/h9-10,20-24H,11-18H2,1-8H3/t20-,21-,22?,23+,24-,29+,30-,31-,32+/m1/s1. The monoisotopic (exact) mass is 525 g/mol. The predicted octanol–water partition coefficient (Wildman–Crippen LogP) is 7.58. The van der Waals surface area contributed by atoms with E-state index in [4.69, 9.17) is 4.74 Å². The molecule has 0 spiro atoms. The summed E-state index contributed by atoms with van der Waals surface area (Å²) in [6.07, 6.45) is 13.0. The number of allylic oxidation sites excluding steroid dienone is 2. The molecule has 4 nitrogen and oxygen atoms in total. The number of thioether (sulfide) groups is 1. The number of Topliss-reactive ketones (excluding diaryl/α,β-unsaturated/α-hetero) is 1. The van der Waals surface area contributed by atoms with E-state index in [-0.39, 0.29) is 44.1 Å². The number of esters is 1. The Labute approximate surface area is 228 Å². The normalized spacial score (nSPS) is 49.5. The minimum Gasteiger partial charge on any atom is -0.469 e. The summed E-state index contributed by atoms with van der Waals surface area (Å²) in [5.74, 6) is 1.60. The van der Waals surface area contributed by atoms with Crippen LogP contribution in [0.25, 0.3) is 0 Å². The Kier molecular flexibility index (Phi) is 6.17. The molecule has 0 aliphatic heterocycles. The van der Waals surface area contributed by atoms with E-state index in [0.29, 0.717) is 23.7 Å². The second kappa shape index (κ2) is 8.36. The molecule has 0 N–H and O–H groups in total. The number of hydrogen-bond donors (Lipinski definition) is 0. The second-order valence-electron chi connectivity index (χ2n) is 15.4. The first-order valence-corrected chi connectivity index (χ1v) is 15.4. The SMILES string of the molecule is COC(=O)[C@]12CCC(C)(C)C[C@@H]1[C@H]1C=C[C@@H]3[C@@]4(C)CC(SC#N)C(=O)C(C)(C)[C@@H]4CC[C@@]3(C)[C@]1(C)CC2. The average molecular weight is 526 g/mol. The molecule has 0 aromatic carbocycles. The van der Waals surface area contributed by atoms with Gasteiger partial charge in [-0.05, 0) is 108 Å². The number of carbonyl (C=O) groups is 2. The third-order valence-electron chi connectivity index (χ3n) is 13.2. The maximum atomic E-state index is 13.5. The Bertz CT molecular complexity index is 1070. The van der Waals surface area contributed by atoms with Crippen molar-refractivity contribution < 1.29 is 14.3 Å². The highest BCUT2D eigenvalue weighted by molar-refractivity contribution is 8.05. The van der Waals surface area contributed by atoms with Crippen LogP contribution < -0.4 is 0 Å². The molecule has 4 saturated carbocycles. The van der Waals surface area contributed by atoms with Crippen LogP contribution in [0.15, 0.2) is 12.2 Å². The van der Waals surface area contributed by atoms with Crippen molar-refractivity contribution >= 4 is 23.5 Å². The van der Waals surface area contributed by atoms with E-state index in [1.165, 1.54) is 11.8 Å². The largest absolute Gasteiger partial charge is 0.469 e. The number of fused-ring (bicyclic) bond motifs is 7. The summed E-state index contributed by atoms with van der Waals surface area (Å²) in [6.45, 7) is 16.5. The summed E-state index contributed by atoms with van der Waals surface area (Å²) in [5, 5.41) is 11.5. The van der Waals surface area contributed by atoms with Gasteiger partial charge < -0.3 is 4.74 Å². The number of ketones is 1. The molecule has 5 heteroatoms. The molecular weight excluding hydrogens is 478 g/mol. The van der Waals surface area contributed by atoms with Gasteiger partial charge in [-0.2, -0.15) is 5.26 Å². The van der Waals surface area contributed by atoms with Gasteiger partial charge in [0.2, 0.25) is 0 Å². The van der Waals surface area contributed by atoms with Gasteiger partial charge in [0.1, 0.15) is 5.40 Å². The molecular formula is C32H47NO3S. The van der Waals surface area contributed by atoms with Crippen molar-refractivity contribution in [1.82, 2.24) is 0 Å². The Balaban J connectivity index is 1.61. The number of thiocyanates is 1. The van der Waals surface area contributed by atoms with Crippen LogP contribution in [0.5, 0.6) is 0 Å². The molecule has 9 atom stereocenters. The van der Waals surface area contributed by atoms with Gasteiger partial charge >= 0.3 is 5.97 Å². The zero-order valence-electron chi connectivity index (χ0n) is 24.3. The molecule has 0 amide bonds. The van der Waals surface area contributed by atoms with E-state index in [2.05, 4.69) is 66.0 Å². The van der Waals surface area contributed by atoms with Crippen molar-refractivity contribution in [1.29, 1.82) is 5.26 Å². The first-order chi connectivity index (χ1) is 17.1. The van der Waals surface area contributed by atoms with Crippen molar-refractivity contribution in [3.05, 3.63) is 12.2 Å². The fourth-order valence-corrected chi connectivity index (χ4v) is 11.9. The van der Waals surface area contributed by atoms with Crippen molar-refractivity contribution in [3.63, 3.8) is 0 Å². The van der Waals surface area contributed by atoms with E-state index in [1.54, 1.807) is 7.11 Å². The molecule has 0 aromatic rings. The number of hydrogen-bond acceptors (Lipinski definition) is 5. The number of nitrogens with zero attached hydrogens (tertiary/aromatic N) is 1. The summed E-state index contributed by atoms with van der Waals surface area (Å²) in [6, 6.07) is 0. The van der Waals surface area contributed by atoms with E-state index < -0.39 is 5.41 Å². The molecule has 0 heterocycles. The van der Waals surface area contributed by atoms with Crippen LogP contribution in [0.3, 0.4) is 0 Å². The molecule has 0 bridgehead atoms. The van der Waals surface area contributed by atoms with Crippen molar-refractivity contribution in [2.45, 2.75) is 105 Å². The molecule has 0 aromatic heterocycles. The third kappa shape index (κ3) is 3.46. The molecule has 204 valence electrons. The smallest absolute Gasteiger partial charge is 0.312 e. The Morgan fingerprint density at radius 1 is 0.973 bits per heavy atom. The highest BCUT2D eigenvalue weighted by atomic mass is 32.2. The predicted molar refractivity (Wildman–Crippen MR) is 148 cm³/mol. The lowest BCUT2D eigenvalue weighted by atomic mass is 9.33. The van der Waals surface area contributed by atoms with Crippen LogP contribution >= 0.6 is 11.8 Å². The molecule has 5 aliphatic carbocycles. The Morgan fingerprint density at radius 3 is 2.30 bits per heavy atom. The maximum Gasteiger partial charge on any atom is 0.312 e. The fourth-order valence-electron chi connectivity index (χ4n) is 11.0. The quantitative estimate of drug-likeness (QED) is 0.211. The zero-order chi connectivity index (χ0) is 27.2. The zero-order valence-corrected chi connectivity index (χ0v) is 25.1. The number of ether oxygens (including phenoxy) is 1. The second-order valence-corrected chi connectivity index (χ2v) is 16.4. The van der Waals surface area contributed by atoms with E-state index in [1.807, 2.05) is 0 Å². The first kappa shape index (κ1) is 27.3. The number of nitriles is 1. The van der Waals surface area contributed by atoms with Crippen LogP contribution in [0, 0.1) is 66.8 Å². The lowest BCUT2D eigenvalue weighted by Crippen LogP contribution is -2.67. The summed E-state index contributed by atoms with van der Waals surface area (Å²) >= 11 is 1.18. The first-order valence-electron chi connectivity index (χ1n) is 14.5. The molecule has 1 unspecified atom stereocenters. The van der Waals surface area contributed by atoms with Gasteiger partial charge in [-0.25, -0.2) is 0 Å². The molecule has 37 heavy (non-hydrogen) atoms. The number of methoxy groups -OCH3 is 1. The fraction of sp³-hybridized carbons (Fsp3) is 0.844. The van der Waals surface area contributed by atoms with Crippen molar-refractivity contribution in [3.8, 4) is 5.40 Å². The van der Waals surface area contributed by atoms with E-state index in [0.717, 1.165) is 51.4 Å². The van der Waals surface area contributed by atoms with Crippen LogP contribution in [0.4, 0.5) is 0 Å². The minimum absolute atomic E-state index is 0.00955. The molecule has 5 aliphatic rings. The molecule has 5 rings (SSSR count). The number of rotatable bonds is 2. The van der Waals surface area contributed by atoms with Gasteiger partial charge in [0, 0.05) is 5.41 Å². The summed E-state index contributed by atoms with van der Waals surface area (Å²) < 4.78 is 5.49. The van der Waals surface area contributed by atoms with Crippen LogP contribution in [-0.4, -0.2) is 24.1 Å². The maximum absolute atomic E-state index is 13.5. The van der Waals surface area contributed by atoms with Gasteiger partial charge in [-0.3, -0.25) is 9.59 Å². The van der Waals surface area contributed by atoms with Crippen LogP contribution in [0.2, 0.25) is 0 Å². The van der Waals surface area contributed by atoms with Gasteiger partial charge in [0.25, 0.3) is 0 Å². The average Bonchev–Trinajstić information content (AvgIpc) is 2.82. The van der Waals surface area contributed by atoms with E-state index in [9.17, 15) is 14.9 Å². The summed E-state index contributed by atoms with van der Waals surface area (Å²) in [7, 11) is 1.57. The topological polar surface area (TPSA) is 67.2 Å². The highest BCUT2D eigenvalue weighted by Crippen LogP contribution is 2.75. The molecule has 0 saturated heterocycles. The van der Waals surface area contributed by atoms with Gasteiger partial charge in [0.15, 0.2) is 5.78 Å². The van der Waals surface area contributed by atoms with Crippen LogP contribution in [-0.2, 0) is 14.3 Å². The Hall–Kier alpha value is -1.28. The minimum atomic E-state index is -0.422. The van der Waals surface area contributed by atoms with Gasteiger partial charge in [-0.1, -0.05) is 60.6 Å². The van der Waals surface area contributed by atoms with Crippen molar-refractivity contribution in [2.75, 3.05) is 7.11 Å². The lowest BCUT2D eigenvalue weighted by Gasteiger charge is -2.71. The summed E-state index contributed by atoms with van der Waals surface area (Å²) in [4.78, 5) is 26.9. The molecule has 0 radical (unpaired) electrons. The van der Waals surface area contributed by atoms with Gasteiger partial charge in [0.05, 0.1) is 17.8 Å². The van der Waals surface area contributed by atoms with Gasteiger partial charge in [-0.15, -0.1) is 0 Å². The lowest BCUT2D eigenvalue weighted by molar-refractivity contribution is -0.211. The summed E-state index contributed by atoms with van der Waals surface area (Å²) in [5.41, 5.74) is -0.429.